The molecule has 0 aliphatic heterocycles. The number of aromatic amines is 1. The van der Waals surface area contributed by atoms with Crippen molar-refractivity contribution in [3.63, 3.8) is 0 Å². The molecule has 0 spiro atoms. The maximum Gasteiger partial charge on any atom is 0.335 e. The lowest BCUT2D eigenvalue weighted by atomic mass is 10.2. The maximum atomic E-state index is 12.1. The molecule has 1 aromatic carbocycles. The van der Waals surface area contributed by atoms with Gasteiger partial charge in [0.15, 0.2) is 0 Å². The number of nitrogens with one attached hydrogen (secondary N) is 1. The SMILES string of the molecule is Cc1cnc(C(C)n2c(=O)[nH]c3cc(C(=O)O)ccc32)o1. The van der Waals surface area contributed by atoms with Crippen molar-refractivity contribution >= 4 is 17.0 Å². The zero-order valence-electron chi connectivity index (χ0n) is 11.5. The Balaban J connectivity index is 2.16. The summed E-state index contributed by atoms with van der Waals surface area (Å²) in [5.41, 5.74) is 0.856. The first kappa shape index (κ1) is 13.2. The van der Waals surface area contributed by atoms with E-state index in [1.807, 2.05) is 0 Å². The number of carbonyl (C=O) groups is 1. The number of aromatic nitrogens is 3. The van der Waals surface area contributed by atoms with Gasteiger partial charge >= 0.3 is 11.7 Å². The van der Waals surface area contributed by atoms with Crippen molar-refractivity contribution in [1.82, 2.24) is 14.5 Å². The number of carboxylic acids is 1. The number of H-pyrrole nitrogens is 1. The summed E-state index contributed by atoms with van der Waals surface area (Å²) in [4.78, 5) is 29.9. The first-order valence-corrected chi connectivity index (χ1v) is 6.37. The van der Waals surface area contributed by atoms with E-state index >= 15 is 0 Å². The second-order valence-corrected chi connectivity index (χ2v) is 4.82. The zero-order valence-corrected chi connectivity index (χ0v) is 11.5. The molecule has 1 atom stereocenters. The van der Waals surface area contributed by atoms with Gasteiger partial charge in [-0.05, 0) is 32.0 Å². The molecule has 3 rings (SSSR count). The summed E-state index contributed by atoms with van der Waals surface area (Å²) >= 11 is 0. The first-order chi connectivity index (χ1) is 9.97. The third kappa shape index (κ3) is 2.12. The highest BCUT2D eigenvalue weighted by Gasteiger charge is 2.19. The summed E-state index contributed by atoms with van der Waals surface area (Å²) in [7, 11) is 0. The number of aryl methyl sites for hydroxylation is 1. The fraction of sp³-hybridized carbons (Fsp3) is 0.214. The Hall–Kier alpha value is -2.83. The van der Waals surface area contributed by atoms with E-state index in [2.05, 4.69) is 9.97 Å². The van der Waals surface area contributed by atoms with Crippen LogP contribution in [-0.4, -0.2) is 25.6 Å². The number of nitrogens with zero attached hydrogens (tertiary/aromatic N) is 2. The molecule has 1 unspecified atom stereocenters. The number of hydrogen-bond acceptors (Lipinski definition) is 4. The van der Waals surface area contributed by atoms with Crippen LogP contribution in [0.4, 0.5) is 0 Å². The van der Waals surface area contributed by atoms with Gasteiger partial charge in [0.1, 0.15) is 11.8 Å². The van der Waals surface area contributed by atoms with Gasteiger partial charge in [0.2, 0.25) is 5.89 Å². The highest BCUT2D eigenvalue weighted by atomic mass is 16.4. The van der Waals surface area contributed by atoms with Crippen LogP contribution in [0, 0.1) is 6.92 Å². The van der Waals surface area contributed by atoms with Crippen molar-refractivity contribution in [1.29, 1.82) is 0 Å². The Labute approximate surface area is 118 Å². The van der Waals surface area contributed by atoms with E-state index < -0.39 is 12.0 Å². The van der Waals surface area contributed by atoms with E-state index in [1.54, 1.807) is 26.1 Å². The Morgan fingerprint density at radius 1 is 1.48 bits per heavy atom. The summed E-state index contributed by atoms with van der Waals surface area (Å²) in [6.45, 7) is 3.57. The number of rotatable bonds is 3. The van der Waals surface area contributed by atoms with Crippen LogP contribution in [0.25, 0.3) is 11.0 Å². The highest BCUT2D eigenvalue weighted by Crippen LogP contribution is 2.21. The number of fused-ring (bicyclic) bond motifs is 1. The quantitative estimate of drug-likeness (QED) is 0.766. The van der Waals surface area contributed by atoms with E-state index in [-0.39, 0.29) is 11.3 Å². The Bertz CT molecular complexity index is 887. The minimum atomic E-state index is -1.04. The summed E-state index contributed by atoms with van der Waals surface area (Å²) < 4.78 is 6.95. The van der Waals surface area contributed by atoms with Gasteiger partial charge in [0.05, 0.1) is 22.8 Å². The number of imidazole rings is 1. The van der Waals surface area contributed by atoms with Crippen molar-refractivity contribution in [3.05, 3.63) is 52.1 Å². The molecule has 2 aromatic heterocycles. The van der Waals surface area contributed by atoms with Gasteiger partial charge in [0.25, 0.3) is 0 Å². The molecule has 7 nitrogen and oxygen atoms in total. The number of oxazole rings is 1. The van der Waals surface area contributed by atoms with Crippen LogP contribution >= 0.6 is 0 Å². The largest absolute Gasteiger partial charge is 0.478 e. The van der Waals surface area contributed by atoms with Crippen LogP contribution in [0.3, 0.4) is 0 Å². The average Bonchev–Trinajstić information content (AvgIpc) is 2.99. The fourth-order valence-corrected chi connectivity index (χ4v) is 2.32. The van der Waals surface area contributed by atoms with Crippen LogP contribution in [-0.2, 0) is 0 Å². The number of benzene rings is 1. The molecule has 21 heavy (non-hydrogen) atoms. The molecule has 0 radical (unpaired) electrons. The van der Waals surface area contributed by atoms with Gasteiger partial charge in [0, 0.05) is 0 Å². The molecule has 0 fully saturated rings. The molecule has 0 aliphatic rings. The molecular formula is C14H13N3O4. The summed E-state index contributed by atoms with van der Waals surface area (Å²) in [6, 6.07) is 4.10. The Kier molecular flexibility index (Phi) is 2.90. The fourth-order valence-electron chi connectivity index (χ4n) is 2.32. The molecule has 7 heteroatoms. The van der Waals surface area contributed by atoms with Crippen LogP contribution in [0.2, 0.25) is 0 Å². The van der Waals surface area contributed by atoms with E-state index in [0.717, 1.165) is 0 Å². The number of aromatic carboxylic acids is 1. The number of hydrogen-bond donors (Lipinski definition) is 2. The third-order valence-electron chi connectivity index (χ3n) is 3.35. The zero-order chi connectivity index (χ0) is 15.1. The van der Waals surface area contributed by atoms with Gasteiger partial charge < -0.3 is 14.5 Å². The monoisotopic (exact) mass is 287 g/mol. The van der Waals surface area contributed by atoms with Crippen molar-refractivity contribution < 1.29 is 14.3 Å². The Morgan fingerprint density at radius 2 is 2.24 bits per heavy atom. The lowest BCUT2D eigenvalue weighted by Gasteiger charge is -2.09. The predicted molar refractivity (Wildman–Crippen MR) is 74.6 cm³/mol. The van der Waals surface area contributed by atoms with Crippen molar-refractivity contribution in [2.45, 2.75) is 19.9 Å². The van der Waals surface area contributed by atoms with Crippen LogP contribution in [0.1, 0.15) is 35.0 Å². The van der Waals surface area contributed by atoms with Crippen molar-refractivity contribution in [2.75, 3.05) is 0 Å². The topological polar surface area (TPSA) is 101 Å². The lowest BCUT2D eigenvalue weighted by molar-refractivity contribution is 0.0697. The summed E-state index contributed by atoms with van der Waals surface area (Å²) in [5.74, 6) is 0.0533. The molecule has 0 saturated carbocycles. The van der Waals surface area contributed by atoms with Gasteiger partial charge in [-0.15, -0.1) is 0 Å². The van der Waals surface area contributed by atoms with E-state index in [0.29, 0.717) is 22.7 Å². The van der Waals surface area contributed by atoms with Crippen molar-refractivity contribution in [3.8, 4) is 0 Å². The highest BCUT2D eigenvalue weighted by molar-refractivity contribution is 5.92. The van der Waals surface area contributed by atoms with Gasteiger partial charge in [-0.25, -0.2) is 14.6 Å². The number of carboxylic acid groups (broad SMARTS) is 1. The summed E-state index contributed by atoms with van der Waals surface area (Å²) in [5, 5.41) is 8.99. The molecule has 0 aliphatic carbocycles. The first-order valence-electron chi connectivity index (χ1n) is 6.37. The second kappa shape index (κ2) is 4.62. The normalized spacial score (nSPS) is 12.7. The van der Waals surface area contributed by atoms with Crippen LogP contribution in [0.15, 0.2) is 33.6 Å². The van der Waals surface area contributed by atoms with Gasteiger partial charge in [-0.3, -0.25) is 4.57 Å². The van der Waals surface area contributed by atoms with Gasteiger partial charge in [-0.1, -0.05) is 0 Å². The molecule has 2 heterocycles. The maximum absolute atomic E-state index is 12.1. The minimum Gasteiger partial charge on any atom is -0.478 e. The molecule has 0 bridgehead atoms. The second-order valence-electron chi connectivity index (χ2n) is 4.82. The third-order valence-corrected chi connectivity index (χ3v) is 3.35. The molecule has 108 valence electrons. The van der Waals surface area contributed by atoms with E-state index in [4.69, 9.17) is 9.52 Å². The molecule has 3 aromatic rings. The smallest absolute Gasteiger partial charge is 0.335 e. The molecule has 0 amide bonds. The standard InChI is InChI=1S/C14H13N3O4/c1-7-6-15-12(21-7)8(2)17-11-4-3-9(13(18)19)5-10(11)16-14(17)20/h3-6,8H,1-2H3,(H,16,20)(H,18,19). The van der Waals surface area contributed by atoms with E-state index in [1.165, 1.54) is 16.7 Å². The van der Waals surface area contributed by atoms with E-state index in [9.17, 15) is 9.59 Å². The predicted octanol–water partition coefficient (Wildman–Crippen LogP) is 1.93. The van der Waals surface area contributed by atoms with Crippen LogP contribution < -0.4 is 5.69 Å². The van der Waals surface area contributed by atoms with Crippen molar-refractivity contribution in [2.24, 2.45) is 0 Å². The lowest BCUT2D eigenvalue weighted by Crippen LogP contribution is -2.21. The molecular weight excluding hydrogens is 274 g/mol. The average molecular weight is 287 g/mol. The van der Waals surface area contributed by atoms with Gasteiger partial charge in [-0.2, -0.15) is 0 Å². The summed E-state index contributed by atoms with van der Waals surface area (Å²) in [6.07, 6.45) is 1.59. The van der Waals surface area contributed by atoms with Crippen LogP contribution in [0.5, 0.6) is 0 Å². The minimum absolute atomic E-state index is 0.121. The Morgan fingerprint density at radius 3 is 2.86 bits per heavy atom. The molecule has 0 saturated heterocycles. The molecule has 2 N–H and O–H groups in total.